The molecule has 156 valence electrons. The minimum Gasteiger partial charge on any atom is -0.491 e. The molecule has 2 aliphatic heterocycles. The van der Waals surface area contributed by atoms with E-state index < -0.39 is 0 Å². The van der Waals surface area contributed by atoms with Crippen molar-refractivity contribution in [3.8, 4) is 5.75 Å². The molecule has 2 aromatic rings. The van der Waals surface area contributed by atoms with Gasteiger partial charge in [0.05, 0.1) is 18.6 Å². The number of hydrogen-bond donors (Lipinski definition) is 1. The maximum atomic E-state index is 12.8. The Morgan fingerprint density at radius 2 is 2.07 bits per heavy atom. The monoisotopic (exact) mass is 406 g/mol. The van der Waals surface area contributed by atoms with Crippen molar-refractivity contribution in [2.75, 3.05) is 18.5 Å². The first kappa shape index (κ1) is 20.2. The standard InChI is InChI=1S/C24H26N2O4/c1-17(27)26-12-11-18-6-2-3-10-22(18)23(26)15-24(28)25-19-7-4-8-20(14-19)30-16-21-9-5-13-29-21/h2-4,6-8,10-12,14,21,23H,5,9,13,15-16H2,1H3,(H,25,28)/t21-,23-/m1/s1. The van der Waals surface area contributed by atoms with Gasteiger partial charge in [-0.2, -0.15) is 0 Å². The third-order valence-electron chi connectivity index (χ3n) is 5.43. The summed E-state index contributed by atoms with van der Waals surface area (Å²) in [5.41, 5.74) is 2.66. The second-order valence-corrected chi connectivity index (χ2v) is 7.61. The molecule has 0 aliphatic carbocycles. The fourth-order valence-corrected chi connectivity index (χ4v) is 3.93. The number of amides is 2. The van der Waals surface area contributed by atoms with Gasteiger partial charge in [0.25, 0.3) is 0 Å². The van der Waals surface area contributed by atoms with E-state index in [0.717, 1.165) is 30.6 Å². The van der Waals surface area contributed by atoms with Crippen LogP contribution in [0, 0.1) is 0 Å². The molecular formula is C24H26N2O4. The van der Waals surface area contributed by atoms with Gasteiger partial charge < -0.3 is 19.7 Å². The van der Waals surface area contributed by atoms with E-state index in [9.17, 15) is 9.59 Å². The number of nitrogens with one attached hydrogen (secondary N) is 1. The zero-order valence-corrected chi connectivity index (χ0v) is 17.0. The van der Waals surface area contributed by atoms with Crippen LogP contribution in [-0.4, -0.2) is 36.0 Å². The Morgan fingerprint density at radius 3 is 2.87 bits per heavy atom. The Kier molecular flexibility index (Phi) is 6.14. The molecule has 1 saturated heterocycles. The molecule has 0 aromatic heterocycles. The molecule has 0 saturated carbocycles. The summed E-state index contributed by atoms with van der Waals surface area (Å²) in [5, 5.41) is 2.94. The number of benzene rings is 2. The summed E-state index contributed by atoms with van der Waals surface area (Å²) < 4.78 is 11.4. The van der Waals surface area contributed by atoms with E-state index in [4.69, 9.17) is 9.47 Å². The predicted octanol–water partition coefficient (Wildman–Crippen LogP) is 4.15. The first-order valence-corrected chi connectivity index (χ1v) is 10.3. The van der Waals surface area contributed by atoms with Gasteiger partial charge >= 0.3 is 0 Å². The van der Waals surface area contributed by atoms with Crippen LogP contribution >= 0.6 is 0 Å². The maximum absolute atomic E-state index is 12.8. The fraction of sp³-hybridized carbons (Fsp3) is 0.333. The highest BCUT2D eigenvalue weighted by atomic mass is 16.5. The van der Waals surface area contributed by atoms with Gasteiger partial charge in [-0.05, 0) is 42.2 Å². The van der Waals surface area contributed by atoms with Gasteiger partial charge in [-0.3, -0.25) is 9.59 Å². The molecule has 0 unspecified atom stereocenters. The lowest BCUT2D eigenvalue weighted by molar-refractivity contribution is -0.129. The number of anilines is 1. The number of carbonyl (C=O) groups is 2. The molecule has 2 amide bonds. The number of carbonyl (C=O) groups excluding carboxylic acids is 2. The van der Waals surface area contributed by atoms with Crippen LogP contribution in [0.15, 0.2) is 54.7 Å². The Balaban J connectivity index is 1.41. The molecule has 2 heterocycles. The van der Waals surface area contributed by atoms with Crippen LogP contribution < -0.4 is 10.1 Å². The van der Waals surface area contributed by atoms with E-state index in [-0.39, 0.29) is 30.4 Å². The van der Waals surface area contributed by atoms with Crippen molar-refractivity contribution in [1.82, 2.24) is 4.90 Å². The van der Waals surface area contributed by atoms with Gasteiger partial charge in [-0.25, -0.2) is 0 Å². The van der Waals surface area contributed by atoms with Gasteiger partial charge in [0.1, 0.15) is 12.4 Å². The number of hydrogen-bond acceptors (Lipinski definition) is 4. The van der Waals surface area contributed by atoms with Crippen molar-refractivity contribution in [2.24, 2.45) is 0 Å². The largest absolute Gasteiger partial charge is 0.491 e. The van der Waals surface area contributed by atoms with Crippen LogP contribution in [0.1, 0.15) is 43.4 Å². The van der Waals surface area contributed by atoms with E-state index in [1.807, 2.05) is 54.6 Å². The Morgan fingerprint density at radius 1 is 1.20 bits per heavy atom. The summed E-state index contributed by atoms with van der Waals surface area (Å²) in [4.78, 5) is 26.5. The van der Waals surface area contributed by atoms with Crippen LogP contribution in [0.4, 0.5) is 5.69 Å². The zero-order valence-electron chi connectivity index (χ0n) is 17.0. The summed E-state index contributed by atoms with van der Waals surface area (Å²) in [5.74, 6) is 0.440. The number of rotatable bonds is 6. The summed E-state index contributed by atoms with van der Waals surface area (Å²) >= 11 is 0. The van der Waals surface area contributed by atoms with E-state index in [1.165, 1.54) is 6.92 Å². The van der Waals surface area contributed by atoms with Crippen molar-refractivity contribution in [2.45, 2.75) is 38.3 Å². The molecule has 6 nitrogen and oxygen atoms in total. The van der Waals surface area contributed by atoms with Gasteiger partial charge in [0, 0.05) is 31.5 Å². The molecule has 0 radical (unpaired) electrons. The van der Waals surface area contributed by atoms with Crippen LogP contribution in [0.5, 0.6) is 5.75 Å². The van der Waals surface area contributed by atoms with Crippen LogP contribution in [0.25, 0.3) is 6.08 Å². The third-order valence-corrected chi connectivity index (χ3v) is 5.43. The van der Waals surface area contributed by atoms with Crippen molar-refractivity contribution >= 4 is 23.6 Å². The van der Waals surface area contributed by atoms with Crippen molar-refractivity contribution in [1.29, 1.82) is 0 Å². The number of fused-ring (bicyclic) bond motifs is 1. The van der Waals surface area contributed by atoms with E-state index in [0.29, 0.717) is 18.0 Å². The third kappa shape index (κ3) is 4.71. The lowest BCUT2D eigenvalue weighted by Gasteiger charge is -2.32. The molecule has 2 aromatic carbocycles. The van der Waals surface area contributed by atoms with E-state index in [1.54, 1.807) is 11.1 Å². The van der Waals surface area contributed by atoms with Crippen molar-refractivity contribution in [3.63, 3.8) is 0 Å². The lowest BCUT2D eigenvalue weighted by atomic mass is 9.93. The average Bonchev–Trinajstić information content (AvgIpc) is 3.26. The highest BCUT2D eigenvalue weighted by Gasteiger charge is 2.28. The first-order valence-electron chi connectivity index (χ1n) is 10.3. The van der Waals surface area contributed by atoms with Gasteiger partial charge in [-0.1, -0.05) is 30.3 Å². The van der Waals surface area contributed by atoms with E-state index >= 15 is 0 Å². The molecule has 2 atom stereocenters. The Hall–Kier alpha value is -3.12. The fourth-order valence-electron chi connectivity index (χ4n) is 3.93. The smallest absolute Gasteiger partial charge is 0.226 e. The second-order valence-electron chi connectivity index (χ2n) is 7.61. The molecule has 1 fully saturated rings. The molecule has 6 heteroatoms. The van der Waals surface area contributed by atoms with E-state index in [2.05, 4.69) is 5.32 Å². The molecule has 4 rings (SSSR count). The highest BCUT2D eigenvalue weighted by molar-refractivity contribution is 5.92. The summed E-state index contributed by atoms with van der Waals surface area (Å²) in [6.07, 6.45) is 6.05. The summed E-state index contributed by atoms with van der Waals surface area (Å²) in [6.45, 7) is 2.81. The molecule has 30 heavy (non-hydrogen) atoms. The summed E-state index contributed by atoms with van der Waals surface area (Å²) in [7, 11) is 0. The molecule has 1 N–H and O–H groups in total. The minimum absolute atomic E-state index is 0.0944. The second kappa shape index (κ2) is 9.13. The molecule has 2 aliphatic rings. The van der Waals surface area contributed by atoms with Crippen LogP contribution in [0.3, 0.4) is 0 Å². The van der Waals surface area contributed by atoms with Gasteiger partial charge in [0.15, 0.2) is 0 Å². The van der Waals surface area contributed by atoms with Gasteiger partial charge in [0.2, 0.25) is 11.8 Å². The first-order chi connectivity index (χ1) is 14.6. The normalized spacial score (nSPS) is 20.0. The minimum atomic E-state index is -0.331. The molecule has 0 spiro atoms. The van der Waals surface area contributed by atoms with Crippen molar-refractivity contribution < 1.29 is 19.1 Å². The molecule has 0 bridgehead atoms. The number of ether oxygens (including phenoxy) is 2. The SMILES string of the molecule is CC(=O)N1C=Cc2ccccc2[C@H]1CC(=O)Nc1cccc(OC[C@H]2CCCO2)c1. The quantitative estimate of drug-likeness (QED) is 0.783. The molecular weight excluding hydrogens is 380 g/mol. The highest BCUT2D eigenvalue weighted by Crippen LogP contribution is 2.33. The maximum Gasteiger partial charge on any atom is 0.226 e. The number of nitrogens with zero attached hydrogens (tertiary/aromatic N) is 1. The van der Waals surface area contributed by atoms with Crippen molar-refractivity contribution in [3.05, 3.63) is 65.9 Å². The average molecular weight is 406 g/mol. The predicted molar refractivity (Wildman–Crippen MR) is 115 cm³/mol. The topological polar surface area (TPSA) is 67.9 Å². The lowest BCUT2D eigenvalue weighted by Crippen LogP contribution is -2.33. The Bertz CT molecular complexity index is 950. The van der Waals surface area contributed by atoms with Crippen LogP contribution in [0.2, 0.25) is 0 Å². The summed E-state index contributed by atoms with van der Waals surface area (Å²) in [6, 6.07) is 14.9. The Labute approximate surface area is 176 Å². The zero-order chi connectivity index (χ0) is 20.9. The van der Waals surface area contributed by atoms with Gasteiger partial charge in [-0.15, -0.1) is 0 Å². The van der Waals surface area contributed by atoms with Crippen LogP contribution in [-0.2, 0) is 14.3 Å².